The molecule has 2 aromatic heterocycles. The first kappa shape index (κ1) is 13.8. The predicted molar refractivity (Wildman–Crippen MR) is 85.2 cm³/mol. The van der Waals surface area contributed by atoms with Crippen molar-refractivity contribution in [3.63, 3.8) is 0 Å². The van der Waals surface area contributed by atoms with E-state index in [0.717, 1.165) is 10.0 Å². The predicted octanol–water partition coefficient (Wildman–Crippen LogP) is 3.61. The quantitative estimate of drug-likeness (QED) is 0.774. The lowest BCUT2D eigenvalue weighted by molar-refractivity contribution is 0.102. The van der Waals surface area contributed by atoms with Gasteiger partial charge in [-0.05, 0) is 36.4 Å². The molecule has 0 unspecified atom stereocenters. The van der Waals surface area contributed by atoms with Crippen molar-refractivity contribution < 1.29 is 4.79 Å². The van der Waals surface area contributed by atoms with E-state index in [4.69, 9.17) is 0 Å². The van der Waals surface area contributed by atoms with Gasteiger partial charge in [0.25, 0.3) is 5.91 Å². The number of rotatable bonds is 3. The summed E-state index contributed by atoms with van der Waals surface area (Å²) >= 11 is 4.64. The Morgan fingerprint density at radius 1 is 1.14 bits per heavy atom. The molecule has 1 N–H and O–H groups in total. The zero-order valence-electron chi connectivity index (χ0n) is 10.7. The SMILES string of the molecule is O=C(Nc1nnc(-c2cccnc2)s1)c1ccc(Br)cc1. The van der Waals surface area contributed by atoms with Crippen molar-refractivity contribution in [3.05, 3.63) is 58.8 Å². The third kappa shape index (κ3) is 3.32. The second-order valence-corrected chi connectivity index (χ2v) is 6.01. The maximum absolute atomic E-state index is 12.1. The van der Waals surface area contributed by atoms with Crippen LogP contribution in [0.25, 0.3) is 10.6 Å². The van der Waals surface area contributed by atoms with Crippen LogP contribution in [0, 0.1) is 0 Å². The molecule has 0 atom stereocenters. The van der Waals surface area contributed by atoms with E-state index in [1.165, 1.54) is 11.3 Å². The highest BCUT2D eigenvalue weighted by Gasteiger charge is 2.11. The summed E-state index contributed by atoms with van der Waals surface area (Å²) in [5.74, 6) is -0.212. The number of nitrogens with zero attached hydrogens (tertiary/aromatic N) is 3. The summed E-state index contributed by atoms with van der Waals surface area (Å²) in [4.78, 5) is 16.1. The molecule has 0 fully saturated rings. The molecule has 7 heteroatoms. The fraction of sp³-hybridized carbons (Fsp3) is 0. The molecule has 3 rings (SSSR count). The first-order chi connectivity index (χ1) is 10.2. The molecule has 104 valence electrons. The highest BCUT2D eigenvalue weighted by atomic mass is 79.9. The maximum atomic E-state index is 12.1. The largest absolute Gasteiger partial charge is 0.296 e. The van der Waals surface area contributed by atoms with Gasteiger partial charge in [0.2, 0.25) is 5.13 Å². The number of carbonyl (C=O) groups is 1. The lowest BCUT2D eigenvalue weighted by Crippen LogP contribution is -2.11. The van der Waals surface area contributed by atoms with Crippen molar-refractivity contribution in [3.8, 4) is 10.6 Å². The Balaban J connectivity index is 1.75. The van der Waals surface area contributed by atoms with Gasteiger partial charge in [-0.15, -0.1) is 10.2 Å². The van der Waals surface area contributed by atoms with Crippen LogP contribution in [0.2, 0.25) is 0 Å². The van der Waals surface area contributed by atoms with Crippen LogP contribution in [0.1, 0.15) is 10.4 Å². The fourth-order valence-electron chi connectivity index (χ4n) is 1.65. The van der Waals surface area contributed by atoms with E-state index in [-0.39, 0.29) is 5.91 Å². The molecule has 21 heavy (non-hydrogen) atoms. The molecule has 0 bridgehead atoms. The van der Waals surface area contributed by atoms with Crippen molar-refractivity contribution >= 4 is 38.3 Å². The van der Waals surface area contributed by atoms with Crippen LogP contribution in [0.4, 0.5) is 5.13 Å². The van der Waals surface area contributed by atoms with Crippen LogP contribution in [0.15, 0.2) is 53.3 Å². The Labute approximate surface area is 133 Å². The van der Waals surface area contributed by atoms with Gasteiger partial charge in [-0.25, -0.2) is 0 Å². The molecule has 0 aliphatic carbocycles. The Morgan fingerprint density at radius 2 is 1.95 bits per heavy atom. The van der Waals surface area contributed by atoms with Gasteiger partial charge >= 0.3 is 0 Å². The number of aromatic nitrogens is 3. The van der Waals surface area contributed by atoms with Gasteiger partial charge in [-0.2, -0.15) is 0 Å². The highest BCUT2D eigenvalue weighted by Crippen LogP contribution is 2.25. The van der Waals surface area contributed by atoms with E-state index < -0.39 is 0 Å². The van der Waals surface area contributed by atoms with Crippen LogP contribution in [0.5, 0.6) is 0 Å². The topological polar surface area (TPSA) is 67.8 Å². The first-order valence-corrected chi connectivity index (χ1v) is 7.64. The maximum Gasteiger partial charge on any atom is 0.257 e. The summed E-state index contributed by atoms with van der Waals surface area (Å²) in [6, 6.07) is 10.8. The molecule has 5 nitrogen and oxygen atoms in total. The number of halogens is 1. The minimum absolute atomic E-state index is 0.212. The molecule has 2 heterocycles. The number of benzene rings is 1. The highest BCUT2D eigenvalue weighted by molar-refractivity contribution is 9.10. The van der Waals surface area contributed by atoms with Gasteiger partial charge < -0.3 is 0 Å². The fourth-order valence-corrected chi connectivity index (χ4v) is 2.64. The van der Waals surface area contributed by atoms with Gasteiger partial charge in [-0.1, -0.05) is 27.3 Å². The van der Waals surface area contributed by atoms with Crippen molar-refractivity contribution in [2.75, 3.05) is 5.32 Å². The number of hydrogen-bond acceptors (Lipinski definition) is 5. The van der Waals surface area contributed by atoms with E-state index in [1.807, 2.05) is 24.3 Å². The van der Waals surface area contributed by atoms with Gasteiger partial charge in [-0.3, -0.25) is 15.1 Å². The average molecular weight is 361 g/mol. The van der Waals surface area contributed by atoms with Crippen molar-refractivity contribution in [2.24, 2.45) is 0 Å². The van der Waals surface area contributed by atoms with Crippen LogP contribution < -0.4 is 5.32 Å². The average Bonchev–Trinajstić information content (AvgIpc) is 2.97. The molecule has 0 saturated heterocycles. The molecular weight excluding hydrogens is 352 g/mol. The van der Waals surface area contributed by atoms with E-state index in [0.29, 0.717) is 15.7 Å². The lowest BCUT2D eigenvalue weighted by Gasteiger charge is -2.00. The molecule has 0 spiro atoms. The van der Waals surface area contributed by atoms with Crippen LogP contribution in [-0.4, -0.2) is 21.1 Å². The third-order valence-corrected chi connectivity index (χ3v) is 4.08. The lowest BCUT2D eigenvalue weighted by atomic mass is 10.2. The molecular formula is C14H9BrN4OS. The number of pyridine rings is 1. The zero-order valence-corrected chi connectivity index (χ0v) is 13.1. The smallest absolute Gasteiger partial charge is 0.257 e. The van der Waals surface area contributed by atoms with Gasteiger partial charge in [0.05, 0.1) is 0 Å². The molecule has 1 amide bonds. The van der Waals surface area contributed by atoms with Crippen LogP contribution in [-0.2, 0) is 0 Å². The number of amides is 1. The summed E-state index contributed by atoms with van der Waals surface area (Å²) in [7, 11) is 0. The second kappa shape index (κ2) is 6.11. The number of nitrogens with one attached hydrogen (secondary N) is 1. The minimum atomic E-state index is -0.212. The monoisotopic (exact) mass is 360 g/mol. The summed E-state index contributed by atoms with van der Waals surface area (Å²) in [6.07, 6.45) is 3.40. The molecule has 0 radical (unpaired) electrons. The van der Waals surface area contributed by atoms with Gasteiger partial charge in [0.1, 0.15) is 0 Å². The number of hydrogen-bond donors (Lipinski definition) is 1. The first-order valence-electron chi connectivity index (χ1n) is 6.03. The van der Waals surface area contributed by atoms with E-state index in [2.05, 4.69) is 36.4 Å². The molecule has 1 aromatic carbocycles. The molecule has 0 aliphatic rings. The Hall–Kier alpha value is -2.12. The Morgan fingerprint density at radius 3 is 2.67 bits per heavy atom. The Kier molecular flexibility index (Phi) is 4.03. The molecule has 3 aromatic rings. The van der Waals surface area contributed by atoms with E-state index in [9.17, 15) is 4.79 Å². The number of anilines is 1. The zero-order chi connectivity index (χ0) is 14.7. The van der Waals surface area contributed by atoms with Crippen molar-refractivity contribution in [1.82, 2.24) is 15.2 Å². The summed E-state index contributed by atoms with van der Waals surface area (Å²) in [5.41, 5.74) is 1.44. The Bertz CT molecular complexity index is 758. The minimum Gasteiger partial charge on any atom is -0.296 e. The van der Waals surface area contributed by atoms with Gasteiger partial charge in [0, 0.05) is 28.0 Å². The molecule has 0 aliphatic heterocycles. The van der Waals surface area contributed by atoms with E-state index >= 15 is 0 Å². The normalized spacial score (nSPS) is 10.3. The number of carbonyl (C=O) groups excluding carboxylic acids is 1. The van der Waals surface area contributed by atoms with Crippen LogP contribution in [0.3, 0.4) is 0 Å². The van der Waals surface area contributed by atoms with Crippen LogP contribution >= 0.6 is 27.3 Å². The summed E-state index contributed by atoms with van der Waals surface area (Å²) in [5, 5.41) is 11.9. The van der Waals surface area contributed by atoms with Gasteiger partial charge in [0.15, 0.2) is 5.01 Å². The summed E-state index contributed by atoms with van der Waals surface area (Å²) in [6.45, 7) is 0. The van der Waals surface area contributed by atoms with E-state index in [1.54, 1.807) is 24.5 Å². The van der Waals surface area contributed by atoms with Crippen molar-refractivity contribution in [2.45, 2.75) is 0 Å². The second-order valence-electron chi connectivity index (χ2n) is 4.12. The summed E-state index contributed by atoms with van der Waals surface area (Å²) < 4.78 is 0.925. The molecule has 0 saturated carbocycles. The third-order valence-electron chi connectivity index (χ3n) is 2.66. The standard InChI is InChI=1S/C14H9BrN4OS/c15-11-5-3-9(4-6-11)12(20)17-14-19-18-13(21-14)10-2-1-7-16-8-10/h1-8H,(H,17,19,20). The van der Waals surface area contributed by atoms with Crippen molar-refractivity contribution in [1.29, 1.82) is 0 Å².